The van der Waals surface area contributed by atoms with Crippen LogP contribution in [0.2, 0.25) is 0 Å². The van der Waals surface area contributed by atoms with Crippen molar-refractivity contribution in [2.75, 3.05) is 0 Å². The molecule has 2 fully saturated rings. The predicted octanol–water partition coefficient (Wildman–Crippen LogP) is 2.13. The van der Waals surface area contributed by atoms with E-state index in [4.69, 9.17) is 0 Å². The maximum atomic E-state index is 12.5. The maximum Gasteiger partial charge on any atom is 0.352 e. The van der Waals surface area contributed by atoms with Crippen LogP contribution >= 0.6 is 0 Å². The summed E-state index contributed by atoms with van der Waals surface area (Å²) in [6, 6.07) is 1.39. The number of hydrogen-bond acceptors (Lipinski definition) is 3. The minimum Gasteiger partial charge on any atom is -0.477 e. The van der Waals surface area contributed by atoms with Gasteiger partial charge in [0.15, 0.2) is 0 Å². The zero-order chi connectivity index (χ0) is 15.3. The molecule has 0 atom stereocenters. The molecule has 0 saturated heterocycles. The molecule has 0 bridgehead atoms. The van der Waals surface area contributed by atoms with E-state index in [0.29, 0.717) is 0 Å². The van der Waals surface area contributed by atoms with E-state index in [-0.39, 0.29) is 16.6 Å². The molecule has 1 aromatic rings. The van der Waals surface area contributed by atoms with Crippen LogP contribution in [-0.2, 0) is 10.0 Å². The SMILES string of the molecule is CC1(NS(=O)(=O)c2cc(C(=O)O)n(C3CC3)c2)CCCC1. The van der Waals surface area contributed by atoms with Gasteiger partial charge in [0.1, 0.15) is 10.6 Å². The Kier molecular flexibility index (Phi) is 3.37. The first-order valence-corrected chi connectivity index (χ1v) is 8.78. The number of carboxylic acid groups (broad SMARTS) is 1. The highest BCUT2D eigenvalue weighted by molar-refractivity contribution is 7.89. The van der Waals surface area contributed by atoms with Crippen molar-refractivity contribution in [3.63, 3.8) is 0 Å². The Labute approximate surface area is 124 Å². The Bertz CT molecular complexity index is 667. The van der Waals surface area contributed by atoms with Crippen molar-refractivity contribution < 1.29 is 18.3 Å². The Balaban J connectivity index is 1.91. The van der Waals surface area contributed by atoms with E-state index < -0.39 is 21.5 Å². The first-order chi connectivity index (χ1) is 9.81. The monoisotopic (exact) mass is 312 g/mol. The molecule has 0 spiro atoms. The average molecular weight is 312 g/mol. The minimum atomic E-state index is -3.68. The van der Waals surface area contributed by atoms with Crippen molar-refractivity contribution in [3.05, 3.63) is 18.0 Å². The lowest BCUT2D eigenvalue weighted by atomic mass is 10.0. The molecule has 0 aromatic carbocycles. The van der Waals surface area contributed by atoms with Crippen molar-refractivity contribution in [2.45, 2.75) is 61.9 Å². The van der Waals surface area contributed by atoms with Crippen LogP contribution in [-0.4, -0.2) is 29.6 Å². The number of rotatable bonds is 5. The number of sulfonamides is 1. The van der Waals surface area contributed by atoms with Crippen LogP contribution in [0.1, 0.15) is 62.0 Å². The van der Waals surface area contributed by atoms with Crippen LogP contribution in [0.25, 0.3) is 0 Å². The van der Waals surface area contributed by atoms with Gasteiger partial charge in [-0.05, 0) is 38.7 Å². The second kappa shape index (κ2) is 4.84. The Hall–Kier alpha value is -1.34. The second-order valence-electron chi connectivity index (χ2n) is 6.38. The highest BCUT2D eigenvalue weighted by Crippen LogP contribution is 2.38. The Morgan fingerprint density at radius 1 is 1.38 bits per heavy atom. The Morgan fingerprint density at radius 2 is 2.00 bits per heavy atom. The molecule has 2 aliphatic rings. The van der Waals surface area contributed by atoms with E-state index >= 15 is 0 Å². The van der Waals surface area contributed by atoms with Gasteiger partial charge in [0.25, 0.3) is 0 Å². The first kappa shape index (κ1) is 14.6. The van der Waals surface area contributed by atoms with Gasteiger partial charge in [-0.2, -0.15) is 0 Å². The summed E-state index contributed by atoms with van der Waals surface area (Å²) in [5, 5.41) is 9.22. The molecule has 0 amide bonds. The number of hydrogen-bond donors (Lipinski definition) is 2. The number of nitrogens with zero attached hydrogens (tertiary/aromatic N) is 1. The first-order valence-electron chi connectivity index (χ1n) is 7.30. The average Bonchev–Trinajstić information content (AvgIpc) is 2.96. The standard InChI is InChI=1S/C14H20N2O4S/c1-14(6-2-3-7-14)15-21(19,20)11-8-12(13(17)18)16(9-11)10-4-5-10/h8-10,15H,2-7H2,1H3,(H,17,18). The summed E-state index contributed by atoms with van der Waals surface area (Å²) in [6.45, 7) is 1.91. The molecule has 0 aliphatic heterocycles. The molecular formula is C14H20N2O4S. The summed E-state index contributed by atoms with van der Waals surface area (Å²) in [7, 11) is -3.68. The summed E-state index contributed by atoms with van der Waals surface area (Å²) >= 11 is 0. The lowest BCUT2D eigenvalue weighted by molar-refractivity contribution is 0.0685. The molecule has 2 saturated carbocycles. The van der Waals surface area contributed by atoms with E-state index in [1.165, 1.54) is 12.3 Å². The molecular weight excluding hydrogens is 292 g/mol. The summed E-state index contributed by atoms with van der Waals surface area (Å²) in [5.74, 6) is -1.09. The molecule has 6 nitrogen and oxygen atoms in total. The molecule has 0 radical (unpaired) electrons. The van der Waals surface area contributed by atoms with Gasteiger partial charge in [0.05, 0.1) is 0 Å². The van der Waals surface area contributed by atoms with Gasteiger partial charge in [-0.25, -0.2) is 17.9 Å². The largest absolute Gasteiger partial charge is 0.477 e. The third-order valence-electron chi connectivity index (χ3n) is 4.38. The predicted molar refractivity (Wildman–Crippen MR) is 76.9 cm³/mol. The van der Waals surface area contributed by atoms with Crippen molar-refractivity contribution >= 4 is 16.0 Å². The number of aromatic nitrogens is 1. The van der Waals surface area contributed by atoms with Gasteiger partial charge >= 0.3 is 5.97 Å². The molecule has 21 heavy (non-hydrogen) atoms. The number of carboxylic acids is 1. The fourth-order valence-electron chi connectivity index (χ4n) is 3.07. The van der Waals surface area contributed by atoms with Gasteiger partial charge in [-0.1, -0.05) is 12.8 Å². The normalized spacial score (nSPS) is 21.6. The number of nitrogens with one attached hydrogen (secondary N) is 1. The topological polar surface area (TPSA) is 88.4 Å². The quantitative estimate of drug-likeness (QED) is 0.871. The smallest absolute Gasteiger partial charge is 0.352 e. The van der Waals surface area contributed by atoms with Crippen molar-refractivity contribution in [2.24, 2.45) is 0 Å². The number of aromatic carboxylic acids is 1. The molecule has 1 aromatic heterocycles. The van der Waals surface area contributed by atoms with E-state index in [9.17, 15) is 18.3 Å². The zero-order valence-corrected chi connectivity index (χ0v) is 12.8. The third kappa shape index (κ3) is 2.85. The molecule has 0 unspecified atom stereocenters. The van der Waals surface area contributed by atoms with E-state index in [1.54, 1.807) is 4.57 Å². The van der Waals surface area contributed by atoms with Crippen molar-refractivity contribution in [1.29, 1.82) is 0 Å². The second-order valence-corrected chi connectivity index (χ2v) is 8.06. The summed E-state index contributed by atoms with van der Waals surface area (Å²) in [6.07, 6.45) is 6.94. The van der Waals surface area contributed by atoms with Gasteiger partial charge in [-0.15, -0.1) is 0 Å². The number of carbonyl (C=O) groups is 1. The molecule has 116 valence electrons. The van der Waals surface area contributed by atoms with Crippen LogP contribution < -0.4 is 4.72 Å². The van der Waals surface area contributed by atoms with Gasteiger partial charge in [-0.3, -0.25) is 0 Å². The van der Waals surface area contributed by atoms with Crippen LogP contribution in [0.4, 0.5) is 0 Å². The lowest BCUT2D eigenvalue weighted by Crippen LogP contribution is -2.43. The van der Waals surface area contributed by atoms with Crippen LogP contribution in [0.3, 0.4) is 0 Å². The van der Waals surface area contributed by atoms with Crippen molar-refractivity contribution in [1.82, 2.24) is 9.29 Å². The zero-order valence-electron chi connectivity index (χ0n) is 12.0. The highest BCUT2D eigenvalue weighted by Gasteiger charge is 2.36. The summed E-state index contributed by atoms with van der Waals surface area (Å²) in [4.78, 5) is 11.3. The highest BCUT2D eigenvalue weighted by atomic mass is 32.2. The van der Waals surface area contributed by atoms with E-state index in [2.05, 4.69) is 4.72 Å². The fraction of sp³-hybridized carbons (Fsp3) is 0.643. The summed E-state index contributed by atoms with van der Waals surface area (Å²) < 4.78 is 29.3. The van der Waals surface area contributed by atoms with E-state index in [1.807, 2.05) is 6.92 Å². The lowest BCUT2D eigenvalue weighted by Gasteiger charge is -2.24. The van der Waals surface area contributed by atoms with Crippen molar-refractivity contribution in [3.8, 4) is 0 Å². The minimum absolute atomic E-state index is 0.0504. The van der Waals surface area contributed by atoms with Crippen LogP contribution in [0, 0.1) is 0 Å². The van der Waals surface area contributed by atoms with Gasteiger partial charge in [0, 0.05) is 17.8 Å². The molecule has 7 heteroatoms. The fourth-order valence-corrected chi connectivity index (χ4v) is 4.56. The third-order valence-corrected chi connectivity index (χ3v) is 5.99. The molecule has 2 aliphatic carbocycles. The van der Waals surface area contributed by atoms with Crippen LogP contribution in [0.15, 0.2) is 17.2 Å². The molecule has 1 heterocycles. The maximum absolute atomic E-state index is 12.5. The Morgan fingerprint density at radius 3 is 2.52 bits per heavy atom. The van der Waals surface area contributed by atoms with Gasteiger partial charge < -0.3 is 9.67 Å². The summed E-state index contributed by atoms with van der Waals surface area (Å²) in [5.41, 5.74) is -0.362. The van der Waals surface area contributed by atoms with E-state index in [0.717, 1.165) is 38.5 Å². The molecule has 2 N–H and O–H groups in total. The van der Waals surface area contributed by atoms with Crippen LogP contribution in [0.5, 0.6) is 0 Å². The molecule has 3 rings (SSSR count). The van der Waals surface area contributed by atoms with Gasteiger partial charge in [0.2, 0.25) is 10.0 Å².